The number of ether oxygens (including phenoxy) is 2. The minimum absolute atomic E-state index is 0. The number of halogens is 16. The molecule has 8 amide bonds. The fourth-order valence-corrected chi connectivity index (χ4v) is 10.2. The zero-order chi connectivity index (χ0) is 81.4. The van der Waals surface area contributed by atoms with E-state index in [9.17, 15) is 158 Å². The average molecular weight is 1710 g/mol. The second-order valence-electron chi connectivity index (χ2n) is 26.1. The Morgan fingerprint density at radius 2 is 0.377 bits per heavy atom. The number of hydrogen-bond donors (Lipinski definition) is 0. The number of carbonyl (C=O) groups is 14. The van der Waals surface area contributed by atoms with Crippen LogP contribution < -0.4 is 20.4 Å². The van der Waals surface area contributed by atoms with Crippen molar-refractivity contribution in [2.75, 3.05) is 13.2 Å². The third-order valence-electron chi connectivity index (χ3n) is 14.4. The number of carbonyl (C=O) groups excluding carboxylic acids is 14. The number of amides is 8. The molecule has 8 rings (SSSR count). The average Bonchev–Trinajstić information content (AvgIpc) is 1.60. The van der Waals surface area contributed by atoms with Crippen LogP contribution in [0.25, 0.3) is 0 Å². The summed E-state index contributed by atoms with van der Waals surface area (Å²) in [5.74, 6) is -54.8. The minimum atomic E-state index is -2.26. The fraction of sp³-hybridized carbons (Fsp3) is 0.406. The zero-order valence-corrected chi connectivity index (χ0v) is 60.7. The van der Waals surface area contributed by atoms with Crippen molar-refractivity contribution < 1.29 is 206 Å². The second-order valence-corrected chi connectivity index (χ2v) is 26.1. The number of carboxylic acid groups (broad SMARTS) is 4. The van der Waals surface area contributed by atoms with Gasteiger partial charge in [0.15, 0.2) is 93.1 Å². The molecular weight excluding hydrogens is 1650 g/mol. The Morgan fingerprint density at radius 3 is 0.434 bits per heavy atom. The Kier molecular flexibility index (Phi) is 30.9. The number of imide groups is 4. The molecule has 4 aliphatic heterocycles. The van der Waals surface area contributed by atoms with Gasteiger partial charge in [0.25, 0.3) is 47.3 Å². The quantitative estimate of drug-likeness (QED) is 0.0495. The largest absolute Gasteiger partial charge is 2.00 e. The Morgan fingerprint density at radius 1 is 0.274 bits per heavy atom. The van der Waals surface area contributed by atoms with Crippen molar-refractivity contribution in [1.29, 1.82) is 0 Å². The van der Waals surface area contributed by atoms with Gasteiger partial charge in [-0.3, -0.25) is 67.5 Å². The first kappa shape index (κ1) is 94.4. The predicted molar refractivity (Wildman–Crippen MR) is 305 cm³/mol. The molecule has 106 heavy (non-hydrogen) atoms. The van der Waals surface area contributed by atoms with Gasteiger partial charge in [-0.2, -0.15) is 0 Å². The van der Waals surface area contributed by atoms with Gasteiger partial charge in [0.05, 0.1) is 106 Å². The van der Waals surface area contributed by atoms with Crippen LogP contribution in [0.5, 0.6) is 0 Å². The van der Waals surface area contributed by atoms with E-state index >= 15 is 0 Å². The van der Waals surface area contributed by atoms with Gasteiger partial charge in [0, 0.05) is 13.8 Å². The van der Waals surface area contributed by atoms with Crippen molar-refractivity contribution in [2.45, 2.75) is 135 Å². The van der Waals surface area contributed by atoms with Gasteiger partial charge in [0.1, 0.15) is 0 Å². The Labute approximate surface area is 613 Å². The van der Waals surface area contributed by atoms with Crippen molar-refractivity contribution in [1.82, 2.24) is 19.6 Å². The molecule has 0 aromatic heterocycles. The summed E-state index contributed by atoms with van der Waals surface area (Å²) < 4.78 is 225. The van der Waals surface area contributed by atoms with Crippen molar-refractivity contribution in [2.24, 2.45) is 21.7 Å². The van der Waals surface area contributed by atoms with Crippen LogP contribution in [0.15, 0.2) is 0 Å². The number of hydrogen-bond acceptors (Lipinski definition) is 20. The van der Waals surface area contributed by atoms with Crippen LogP contribution in [-0.2, 0) is 77.2 Å². The maximum Gasteiger partial charge on any atom is 2.00 e. The van der Waals surface area contributed by atoms with Gasteiger partial charge >= 0.3 is 50.9 Å². The summed E-state index contributed by atoms with van der Waals surface area (Å²) in [6.07, 6.45) is 0. The molecular formula is C64H56F16N4O20Rh2. The third-order valence-corrected chi connectivity index (χ3v) is 14.4. The van der Waals surface area contributed by atoms with E-state index < -0.39 is 255 Å². The van der Waals surface area contributed by atoms with E-state index in [2.05, 4.69) is 9.47 Å². The molecule has 4 atom stereocenters. The molecule has 0 bridgehead atoms. The van der Waals surface area contributed by atoms with Crippen molar-refractivity contribution >= 4 is 83.1 Å². The summed E-state index contributed by atoms with van der Waals surface area (Å²) >= 11 is 0. The predicted octanol–water partition coefficient (Wildman–Crippen LogP) is 5.15. The molecule has 4 aromatic carbocycles. The van der Waals surface area contributed by atoms with Gasteiger partial charge < -0.3 is 49.1 Å². The van der Waals surface area contributed by atoms with Crippen LogP contribution in [0.4, 0.5) is 70.2 Å². The number of carboxylic acids is 4. The topological polar surface area (TPSA) is 363 Å². The number of fused-ring (bicyclic) bond motifs is 4. The van der Waals surface area contributed by atoms with Crippen LogP contribution in [-0.4, -0.2) is 140 Å². The van der Waals surface area contributed by atoms with Crippen molar-refractivity contribution in [3.05, 3.63) is 138 Å². The molecule has 2 radical (unpaired) electrons. The Balaban J connectivity index is 0.000000666. The summed E-state index contributed by atoms with van der Waals surface area (Å²) in [5, 5.41) is 45.1. The maximum atomic E-state index is 13.8. The maximum absolute atomic E-state index is 13.8. The zero-order valence-electron chi connectivity index (χ0n) is 57.4. The van der Waals surface area contributed by atoms with E-state index in [1.807, 2.05) is 0 Å². The first-order chi connectivity index (χ1) is 47.2. The van der Waals surface area contributed by atoms with Crippen LogP contribution in [0.3, 0.4) is 0 Å². The fourth-order valence-electron chi connectivity index (χ4n) is 10.2. The summed E-state index contributed by atoms with van der Waals surface area (Å²) in [4.78, 5) is 162. The van der Waals surface area contributed by atoms with Crippen LogP contribution in [0, 0.1) is 115 Å². The molecule has 0 spiro atoms. The van der Waals surface area contributed by atoms with Gasteiger partial charge in [0.2, 0.25) is 0 Å². The summed E-state index contributed by atoms with van der Waals surface area (Å²) in [6, 6.07) is -7.56. The monoisotopic (exact) mass is 1710 g/mol. The summed E-state index contributed by atoms with van der Waals surface area (Å²) in [7, 11) is 0. The molecule has 0 fully saturated rings. The first-order valence-electron chi connectivity index (χ1n) is 29.2. The molecule has 0 N–H and O–H groups in total. The van der Waals surface area contributed by atoms with Gasteiger partial charge in [-0.25, -0.2) is 70.2 Å². The molecule has 4 aliphatic rings. The summed E-state index contributed by atoms with van der Waals surface area (Å²) in [6.45, 7) is 23.4. The van der Waals surface area contributed by atoms with E-state index in [1.54, 1.807) is 13.8 Å². The number of esters is 2. The number of benzene rings is 4. The molecule has 24 nitrogen and oxygen atoms in total. The molecule has 0 unspecified atom stereocenters. The van der Waals surface area contributed by atoms with E-state index in [0.29, 0.717) is 13.2 Å². The van der Waals surface area contributed by atoms with E-state index in [0.717, 1.165) is 0 Å². The van der Waals surface area contributed by atoms with Crippen molar-refractivity contribution in [3.8, 4) is 0 Å². The molecule has 0 aliphatic carbocycles. The van der Waals surface area contributed by atoms with Crippen LogP contribution in [0.1, 0.15) is 194 Å². The number of aliphatic carboxylic acids is 4. The smallest absolute Gasteiger partial charge is 0.548 e. The van der Waals surface area contributed by atoms with Crippen molar-refractivity contribution in [3.63, 3.8) is 0 Å². The molecule has 4 aromatic rings. The standard InChI is InChI=1S/4C14H11F4NO4.2C4H8O2.2Rh/c4*1-14(2,3)10(13(22)23)19-11(20)4-5(12(19)21)7(16)9(18)8(17)6(4)15;2*1-3-6-4(2)5;;/h4*10H,1-3H3,(H,22,23);2*3H2,1-2H3;;/q;;;;;;2*+2/p-4/t4*10-;;;;/m0000..../s1. The van der Waals surface area contributed by atoms with E-state index in [-0.39, 0.29) is 70.5 Å². The summed E-state index contributed by atoms with van der Waals surface area (Å²) in [5.41, 5.74) is -15.7. The molecule has 582 valence electrons. The van der Waals surface area contributed by atoms with E-state index in [1.165, 1.54) is 96.9 Å². The Bertz CT molecular complexity index is 3650. The Hall–Kier alpha value is -9.61. The second kappa shape index (κ2) is 34.7. The number of nitrogens with zero attached hydrogens (tertiary/aromatic N) is 4. The first-order valence-corrected chi connectivity index (χ1v) is 29.2. The molecule has 0 saturated heterocycles. The third kappa shape index (κ3) is 18.2. The molecule has 0 saturated carbocycles. The van der Waals surface area contributed by atoms with E-state index in [4.69, 9.17) is 0 Å². The van der Waals surface area contributed by atoms with Gasteiger partial charge in [-0.05, 0) is 35.5 Å². The van der Waals surface area contributed by atoms with Crippen LogP contribution in [0.2, 0.25) is 0 Å². The van der Waals surface area contributed by atoms with Gasteiger partial charge in [-0.1, -0.05) is 83.1 Å². The van der Waals surface area contributed by atoms with Crippen LogP contribution >= 0.6 is 0 Å². The SMILES string of the molecule is CC(C)(C)[C@H](C(=O)[O-])N1C(=O)c2c(F)c(F)c(F)c(F)c2C1=O.CC(C)(C)[C@H](C(=O)[O-])N1C(=O)c2c(F)c(F)c(F)c(F)c2C1=O.CC(C)(C)[C@H](C(=O)[O-])N1C(=O)c2c(F)c(F)c(F)c(F)c2C1=O.CC(C)(C)[C@H](C(=O)[O-])N1C(=O)c2c(F)c(F)c(F)c(F)c2C1=O.CCOC(C)=O.CCOC(C)=O.[Rh+2].[Rh+2]. The molecule has 4 heterocycles. The minimum Gasteiger partial charge on any atom is -0.548 e. The molecule has 42 heteroatoms. The van der Waals surface area contributed by atoms with Gasteiger partial charge in [-0.15, -0.1) is 0 Å². The number of rotatable bonds is 10. The normalized spacial score (nSPS) is 14.6.